The van der Waals surface area contributed by atoms with Crippen molar-refractivity contribution in [1.82, 2.24) is 9.97 Å². The third-order valence-corrected chi connectivity index (χ3v) is 4.58. The standard InChI is InChI=1S/C10H17N5O2S/c1-12-8-7-9(14-10(11)13-8)15-3-2-5-18(16,17)6-4-15/h7H,2-6H2,1H3,(H3,11,12,13,14). The van der Waals surface area contributed by atoms with Gasteiger partial charge < -0.3 is 16.0 Å². The first kappa shape index (κ1) is 12.9. The number of anilines is 3. The fourth-order valence-electron chi connectivity index (χ4n) is 1.91. The van der Waals surface area contributed by atoms with Gasteiger partial charge in [-0.15, -0.1) is 0 Å². The van der Waals surface area contributed by atoms with Crippen molar-refractivity contribution in [2.24, 2.45) is 0 Å². The number of sulfone groups is 1. The van der Waals surface area contributed by atoms with E-state index in [1.54, 1.807) is 13.1 Å². The minimum Gasteiger partial charge on any atom is -0.373 e. The Hall–Kier alpha value is -1.57. The Bertz CT molecular complexity index is 531. The maximum absolute atomic E-state index is 11.5. The van der Waals surface area contributed by atoms with E-state index in [0.717, 1.165) is 0 Å². The molecule has 0 bridgehead atoms. The van der Waals surface area contributed by atoms with Gasteiger partial charge in [-0.1, -0.05) is 0 Å². The lowest BCUT2D eigenvalue weighted by atomic mass is 10.4. The number of nitrogens with zero attached hydrogens (tertiary/aromatic N) is 3. The fourth-order valence-corrected chi connectivity index (χ4v) is 3.18. The van der Waals surface area contributed by atoms with Crippen molar-refractivity contribution < 1.29 is 8.42 Å². The van der Waals surface area contributed by atoms with Gasteiger partial charge in [0.2, 0.25) is 5.95 Å². The van der Waals surface area contributed by atoms with Gasteiger partial charge in [-0.25, -0.2) is 8.42 Å². The highest BCUT2D eigenvalue weighted by molar-refractivity contribution is 7.91. The molecule has 1 aromatic heterocycles. The predicted molar refractivity (Wildman–Crippen MR) is 71.5 cm³/mol. The number of rotatable bonds is 2. The second-order valence-corrected chi connectivity index (χ2v) is 6.52. The van der Waals surface area contributed by atoms with Gasteiger partial charge in [-0.2, -0.15) is 9.97 Å². The van der Waals surface area contributed by atoms with Crippen LogP contribution in [-0.4, -0.2) is 50.0 Å². The number of hydrogen-bond donors (Lipinski definition) is 2. The van der Waals surface area contributed by atoms with E-state index >= 15 is 0 Å². The third-order valence-electron chi connectivity index (χ3n) is 2.87. The molecule has 2 heterocycles. The van der Waals surface area contributed by atoms with Crippen molar-refractivity contribution in [2.75, 3.05) is 47.6 Å². The van der Waals surface area contributed by atoms with Crippen LogP contribution in [0, 0.1) is 0 Å². The first-order chi connectivity index (χ1) is 8.50. The molecule has 0 radical (unpaired) electrons. The molecule has 1 aromatic rings. The SMILES string of the molecule is CNc1cc(N2CCCS(=O)(=O)CC2)nc(N)n1. The number of nitrogens with one attached hydrogen (secondary N) is 1. The summed E-state index contributed by atoms with van der Waals surface area (Å²) >= 11 is 0. The van der Waals surface area contributed by atoms with Crippen LogP contribution in [0.3, 0.4) is 0 Å². The Labute approximate surface area is 106 Å². The molecule has 0 spiro atoms. The molecular weight excluding hydrogens is 254 g/mol. The molecule has 7 nitrogen and oxygen atoms in total. The monoisotopic (exact) mass is 271 g/mol. The second kappa shape index (κ2) is 4.97. The van der Waals surface area contributed by atoms with Gasteiger partial charge >= 0.3 is 0 Å². The summed E-state index contributed by atoms with van der Waals surface area (Å²) in [5.74, 6) is 1.88. The maximum atomic E-state index is 11.5. The molecule has 0 aliphatic carbocycles. The van der Waals surface area contributed by atoms with Gasteiger partial charge in [0, 0.05) is 26.2 Å². The largest absolute Gasteiger partial charge is 0.373 e. The molecule has 3 N–H and O–H groups in total. The first-order valence-corrected chi connectivity index (χ1v) is 7.60. The van der Waals surface area contributed by atoms with Gasteiger partial charge in [0.25, 0.3) is 0 Å². The second-order valence-electron chi connectivity index (χ2n) is 4.21. The summed E-state index contributed by atoms with van der Waals surface area (Å²) in [6.07, 6.45) is 0.612. The Balaban J connectivity index is 2.23. The first-order valence-electron chi connectivity index (χ1n) is 5.78. The van der Waals surface area contributed by atoms with Crippen molar-refractivity contribution in [3.8, 4) is 0 Å². The highest BCUT2D eigenvalue weighted by Crippen LogP contribution is 2.18. The zero-order chi connectivity index (χ0) is 13.2. The summed E-state index contributed by atoms with van der Waals surface area (Å²) < 4.78 is 23.1. The molecule has 0 atom stereocenters. The van der Waals surface area contributed by atoms with Crippen LogP contribution >= 0.6 is 0 Å². The van der Waals surface area contributed by atoms with E-state index in [-0.39, 0.29) is 17.5 Å². The Morgan fingerprint density at radius 2 is 2.11 bits per heavy atom. The molecular formula is C10H17N5O2S. The fraction of sp³-hybridized carbons (Fsp3) is 0.600. The number of nitrogen functional groups attached to an aromatic ring is 1. The molecule has 8 heteroatoms. The van der Waals surface area contributed by atoms with Crippen LogP contribution in [0.5, 0.6) is 0 Å². The molecule has 1 saturated heterocycles. The van der Waals surface area contributed by atoms with E-state index in [9.17, 15) is 8.42 Å². The van der Waals surface area contributed by atoms with E-state index in [2.05, 4.69) is 15.3 Å². The topological polar surface area (TPSA) is 101 Å². The maximum Gasteiger partial charge on any atom is 0.223 e. The summed E-state index contributed by atoms with van der Waals surface area (Å²) in [4.78, 5) is 10.1. The van der Waals surface area contributed by atoms with Crippen molar-refractivity contribution in [1.29, 1.82) is 0 Å². The van der Waals surface area contributed by atoms with Crippen LogP contribution in [0.15, 0.2) is 6.07 Å². The lowest BCUT2D eigenvalue weighted by Gasteiger charge is -2.21. The van der Waals surface area contributed by atoms with Crippen molar-refractivity contribution in [2.45, 2.75) is 6.42 Å². The lowest BCUT2D eigenvalue weighted by Crippen LogP contribution is -2.28. The Kier molecular flexibility index (Phi) is 3.55. The van der Waals surface area contributed by atoms with E-state index < -0.39 is 9.84 Å². The normalized spacial score (nSPS) is 19.3. The number of aromatic nitrogens is 2. The van der Waals surface area contributed by atoms with Gasteiger partial charge in [0.1, 0.15) is 11.6 Å². The highest BCUT2D eigenvalue weighted by Gasteiger charge is 2.20. The molecule has 0 unspecified atom stereocenters. The summed E-state index contributed by atoms with van der Waals surface area (Å²) in [5, 5.41) is 2.90. The quantitative estimate of drug-likeness (QED) is 0.763. The van der Waals surface area contributed by atoms with E-state index in [0.29, 0.717) is 31.1 Å². The summed E-state index contributed by atoms with van der Waals surface area (Å²) in [6.45, 7) is 1.11. The van der Waals surface area contributed by atoms with Crippen LogP contribution in [-0.2, 0) is 9.84 Å². The molecule has 18 heavy (non-hydrogen) atoms. The lowest BCUT2D eigenvalue weighted by molar-refractivity contribution is 0.597. The highest BCUT2D eigenvalue weighted by atomic mass is 32.2. The predicted octanol–water partition coefficient (Wildman–Crippen LogP) is -0.275. The van der Waals surface area contributed by atoms with Gasteiger partial charge in [-0.05, 0) is 6.42 Å². The van der Waals surface area contributed by atoms with Gasteiger partial charge in [0.15, 0.2) is 9.84 Å². The van der Waals surface area contributed by atoms with Crippen molar-refractivity contribution in [3.05, 3.63) is 6.07 Å². The van der Waals surface area contributed by atoms with Crippen molar-refractivity contribution >= 4 is 27.4 Å². The number of hydrogen-bond acceptors (Lipinski definition) is 7. The molecule has 0 amide bonds. The zero-order valence-corrected chi connectivity index (χ0v) is 11.1. The van der Waals surface area contributed by atoms with Crippen LogP contribution in [0.2, 0.25) is 0 Å². The molecule has 100 valence electrons. The summed E-state index contributed by atoms with van der Waals surface area (Å²) in [5.41, 5.74) is 5.63. The summed E-state index contributed by atoms with van der Waals surface area (Å²) in [6, 6.07) is 1.77. The Morgan fingerprint density at radius 1 is 1.33 bits per heavy atom. The molecule has 1 aliphatic heterocycles. The minimum absolute atomic E-state index is 0.159. The average molecular weight is 271 g/mol. The Morgan fingerprint density at radius 3 is 2.83 bits per heavy atom. The van der Waals surface area contributed by atoms with Crippen LogP contribution in [0.4, 0.5) is 17.6 Å². The van der Waals surface area contributed by atoms with E-state index in [1.165, 1.54) is 0 Å². The van der Waals surface area contributed by atoms with E-state index in [1.807, 2.05) is 4.90 Å². The van der Waals surface area contributed by atoms with Crippen molar-refractivity contribution in [3.63, 3.8) is 0 Å². The van der Waals surface area contributed by atoms with Gasteiger partial charge in [-0.3, -0.25) is 0 Å². The van der Waals surface area contributed by atoms with Crippen LogP contribution < -0.4 is 16.0 Å². The van der Waals surface area contributed by atoms with E-state index in [4.69, 9.17) is 5.73 Å². The van der Waals surface area contributed by atoms with Crippen LogP contribution in [0.25, 0.3) is 0 Å². The molecule has 0 aromatic carbocycles. The van der Waals surface area contributed by atoms with Gasteiger partial charge in [0.05, 0.1) is 11.5 Å². The number of nitrogens with two attached hydrogens (primary N) is 1. The molecule has 1 fully saturated rings. The smallest absolute Gasteiger partial charge is 0.223 e. The summed E-state index contributed by atoms with van der Waals surface area (Å²) in [7, 11) is -1.17. The van der Waals surface area contributed by atoms with Crippen LogP contribution in [0.1, 0.15) is 6.42 Å². The zero-order valence-electron chi connectivity index (χ0n) is 10.3. The molecule has 2 rings (SSSR count). The minimum atomic E-state index is -2.92. The third kappa shape index (κ3) is 3.00. The average Bonchev–Trinajstić information content (AvgIpc) is 2.49. The molecule has 1 aliphatic rings. The molecule has 0 saturated carbocycles.